The third-order valence-electron chi connectivity index (χ3n) is 2.89. The van der Waals surface area contributed by atoms with E-state index in [0.717, 1.165) is 0 Å². The average Bonchev–Trinajstić information content (AvgIpc) is 2.37. The van der Waals surface area contributed by atoms with Gasteiger partial charge in [-0.25, -0.2) is 0 Å². The molecule has 0 saturated heterocycles. The Morgan fingerprint density at radius 1 is 0.895 bits per heavy atom. The Bertz CT molecular complexity index is 302. The van der Waals surface area contributed by atoms with Crippen LogP contribution < -0.4 is 0 Å². The molecule has 5 heteroatoms. The molecule has 0 bridgehead atoms. The minimum Gasteiger partial charge on any atom is -0.384 e. The van der Waals surface area contributed by atoms with E-state index >= 15 is 0 Å². The lowest BCUT2D eigenvalue weighted by Gasteiger charge is -2.15. The molecule has 0 amide bonds. The van der Waals surface area contributed by atoms with Gasteiger partial charge in [-0.3, -0.25) is 9.59 Å². The summed E-state index contributed by atoms with van der Waals surface area (Å²) in [5.41, 5.74) is 0. The number of nitrogens with zero attached hydrogens (tertiary/aromatic N) is 1. The molecule has 0 aliphatic rings. The average molecular weight is 271 g/mol. The summed E-state index contributed by atoms with van der Waals surface area (Å²) in [7, 11) is 3.47. The Balaban J connectivity index is 3.63. The van der Waals surface area contributed by atoms with E-state index in [0.29, 0.717) is 51.8 Å². The van der Waals surface area contributed by atoms with E-state index in [1.165, 1.54) is 6.92 Å². The van der Waals surface area contributed by atoms with Crippen LogP contribution in [0.1, 0.15) is 39.0 Å². The number of ketones is 3. The van der Waals surface area contributed by atoms with Crippen molar-refractivity contribution in [2.75, 3.05) is 33.9 Å². The lowest BCUT2D eigenvalue weighted by molar-refractivity contribution is -0.123. The summed E-state index contributed by atoms with van der Waals surface area (Å²) < 4.78 is 4.84. The second-order valence-corrected chi connectivity index (χ2v) is 4.83. The molecule has 0 saturated carbocycles. The Labute approximate surface area is 115 Å². The predicted molar refractivity (Wildman–Crippen MR) is 73.2 cm³/mol. The molecular formula is C14H25NO4. The minimum absolute atomic E-state index is 0.0467. The summed E-state index contributed by atoms with van der Waals surface area (Å²) in [5.74, 6) is 0.329. The Morgan fingerprint density at radius 2 is 1.42 bits per heavy atom. The fraction of sp³-hybridized carbons (Fsp3) is 0.786. The third-order valence-corrected chi connectivity index (χ3v) is 2.89. The molecule has 0 aromatic rings. The van der Waals surface area contributed by atoms with E-state index in [2.05, 4.69) is 0 Å². The van der Waals surface area contributed by atoms with Crippen LogP contribution in [0.5, 0.6) is 0 Å². The fourth-order valence-electron chi connectivity index (χ4n) is 1.52. The third kappa shape index (κ3) is 11.7. The Kier molecular flexibility index (Phi) is 10.2. The molecule has 0 fully saturated rings. The first-order valence-electron chi connectivity index (χ1n) is 6.66. The van der Waals surface area contributed by atoms with E-state index < -0.39 is 0 Å². The molecule has 5 nitrogen and oxygen atoms in total. The molecule has 0 heterocycles. The first kappa shape index (κ1) is 17.9. The smallest absolute Gasteiger partial charge is 0.136 e. The molecule has 0 unspecified atom stereocenters. The number of Topliss-reactive ketones (excluding diaryl/α,β-unsaturated/α-hetero) is 3. The second kappa shape index (κ2) is 10.8. The molecule has 0 aromatic heterocycles. The summed E-state index contributed by atoms with van der Waals surface area (Å²) in [6.45, 7) is 3.24. The zero-order chi connectivity index (χ0) is 14.7. The van der Waals surface area contributed by atoms with Crippen molar-refractivity contribution in [3.8, 4) is 0 Å². The van der Waals surface area contributed by atoms with Crippen LogP contribution in [-0.4, -0.2) is 56.1 Å². The summed E-state index contributed by atoms with van der Waals surface area (Å²) in [6, 6.07) is 0. The standard InChI is InChI=1S/C14H25NO4/c1-12(16)4-5-13(17)6-9-15(2)10-7-14(18)8-11-19-3/h4-11H2,1-3H3. The van der Waals surface area contributed by atoms with Crippen molar-refractivity contribution < 1.29 is 19.1 Å². The molecule has 0 aliphatic heterocycles. The van der Waals surface area contributed by atoms with Crippen LogP contribution in [-0.2, 0) is 19.1 Å². The molecule has 0 aliphatic carbocycles. The summed E-state index contributed by atoms with van der Waals surface area (Å²) in [5, 5.41) is 0. The molecule has 0 atom stereocenters. The molecule has 110 valence electrons. The summed E-state index contributed by atoms with van der Waals surface area (Å²) in [4.78, 5) is 35.6. The van der Waals surface area contributed by atoms with Gasteiger partial charge in [0.05, 0.1) is 6.61 Å². The van der Waals surface area contributed by atoms with Crippen LogP contribution in [0, 0.1) is 0 Å². The van der Waals surface area contributed by atoms with Crippen molar-refractivity contribution in [1.82, 2.24) is 4.90 Å². The molecule has 0 spiro atoms. The number of carbonyl (C=O) groups is 3. The molecule has 0 aromatic carbocycles. The largest absolute Gasteiger partial charge is 0.384 e. The van der Waals surface area contributed by atoms with Gasteiger partial charge in [-0.1, -0.05) is 0 Å². The van der Waals surface area contributed by atoms with E-state index in [1.54, 1.807) is 7.11 Å². The number of carbonyl (C=O) groups excluding carboxylic acids is 3. The lowest BCUT2D eigenvalue weighted by atomic mass is 10.1. The van der Waals surface area contributed by atoms with Crippen molar-refractivity contribution in [2.45, 2.75) is 39.0 Å². The molecule has 0 radical (unpaired) electrons. The normalized spacial score (nSPS) is 10.7. The summed E-state index contributed by atoms with van der Waals surface area (Å²) in [6.07, 6.45) is 2.04. The van der Waals surface area contributed by atoms with Crippen molar-refractivity contribution in [3.05, 3.63) is 0 Å². The number of rotatable bonds is 12. The van der Waals surface area contributed by atoms with Gasteiger partial charge in [-0.05, 0) is 14.0 Å². The number of ether oxygens (including phenoxy) is 1. The van der Waals surface area contributed by atoms with Gasteiger partial charge in [-0.15, -0.1) is 0 Å². The zero-order valence-electron chi connectivity index (χ0n) is 12.2. The minimum atomic E-state index is 0.0467. The highest BCUT2D eigenvalue weighted by atomic mass is 16.5. The van der Waals surface area contributed by atoms with Crippen molar-refractivity contribution in [3.63, 3.8) is 0 Å². The Morgan fingerprint density at radius 3 is 1.89 bits per heavy atom. The first-order chi connectivity index (χ1) is 8.95. The maximum atomic E-state index is 11.5. The van der Waals surface area contributed by atoms with Gasteiger partial charge in [-0.2, -0.15) is 0 Å². The van der Waals surface area contributed by atoms with Gasteiger partial charge in [0.2, 0.25) is 0 Å². The van der Waals surface area contributed by atoms with Crippen LogP contribution in [0.25, 0.3) is 0 Å². The molecule has 0 N–H and O–H groups in total. The van der Waals surface area contributed by atoms with Crippen LogP contribution in [0.2, 0.25) is 0 Å². The van der Waals surface area contributed by atoms with Crippen LogP contribution in [0.15, 0.2) is 0 Å². The van der Waals surface area contributed by atoms with Gasteiger partial charge in [0.25, 0.3) is 0 Å². The van der Waals surface area contributed by atoms with Gasteiger partial charge in [0, 0.05) is 52.3 Å². The number of hydrogen-bond donors (Lipinski definition) is 0. The summed E-state index contributed by atoms with van der Waals surface area (Å²) >= 11 is 0. The van der Waals surface area contributed by atoms with Crippen molar-refractivity contribution in [1.29, 1.82) is 0 Å². The van der Waals surface area contributed by atoms with Gasteiger partial charge < -0.3 is 14.4 Å². The highest BCUT2D eigenvalue weighted by Gasteiger charge is 2.08. The van der Waals surface area contributed by atoms with E-state index in [1.807, 2.05) is 11.9 Å². The van der Waals surface area contributed by atoms with Crippen LogP contribution in [0.4, 0.5) is 0 Å². The maximum absolute atomic E-state index is 11.5. The SMILES string of the molecule is COCCC(=O)CCN(C)CCC(=O)CCC(C)=O. The lowest BCUT2D eigenvalue weighted by Crippen LogP contribution is -2.25. The van der Waals surface area contributed by atoms with E-state index in [9.17, 15) is 14.4 Å². The first-order valence-corrected chi connectivity index (χ1v) is 6.66. The van der Waals surface area contributed by atoms with Gasteiger partial charge in [0.15, 0.2) is 0 Å². The highest BCUT2D eigenvalue weighted by molar-refractivity contribution is 5.84. The Hall–Kier alpha value is -1.07. The molecular weight excluding hydrogens is 246 g/mol. The van der Waals surface area contributed by atoms with Gasteiger partial charge >= 0.3 is 0 Å². The van der Waals surface area contributed by atoms with Crippen molar-refractivity contribution in [2.24, 2.45) is 0 Å². The topological polar surface area (TPSA) is 63.7 Å². The van der Waals surface area contributed by atoms with E-state index in [4.69, 9.17) is 4.74 Å². The quantitative estimate of drug-likeness (QED) is 0.534. The monoisotopic (exact) mass is 271 g/mol. The van der Waals surface area contributed by atoms with Crippen molar-refractivity contribution >= 4 is 17.3 Å². The fourth-order valence-corrected chi connectivity index (χ4v) is 1.52. The van der Waals surface area contributed by atoms with Crippen LogP contribution >= 0.6 is 0 Å². The number of methoxy groups -OCH3 is 1. The van der Waals surface area contributed by atoms with Crippen LogP contribution in [0.3, 0.4) is 0 Å². The van der Waals surface area contributed by atoms with Gasteiger partial charge in [0.1, 0.15) is 17.3 Å². The maximum Gasteiger partial charge on any atom is 0.136 e. The highest BCUT2D eigenvalue weighted by Crippen LogP contribution is 1.99. The number of hydrogen-bond acceptors (Lipinski definition) is 5. The predicted octanol–water partition coefficient (Wildman–Crippen LogP) is 1.24. The molecule has 0 rings (SSSR count). The second-order valence-electron chi connectivity index (χ2n) is 4.83. The van der Waals surface area contributed by atoms with E-state index in [-0.39, 0.29) is 17.3 Å². The molecule has 19 heavy (non-hydrogen) atoms. The zero-order valence-corrected chi connectivity index (χ0v) is 12.2.